The number of amidine groups is 1. The topological polar surface area (TPSA) is 61.8 Å². The number of hydrogen-bond acceptors (Lipinski definition) is 4. The zero-order valence-electron chi connectivity index (χ0n) is 11.8. The highest BCUT2D eigenvalue weighted by atomic mass is 79.9. The van der Waals surface area contributed by atoms with Gasteiger partial charge in [-0.2, -0.15) is 4.99 Å². The summed E-state index contributed by atoms with van der Waals surface area (Å²) in [5, 5.41) is 2.84. The number of carbonyl (C=O) groups excluding carboxylic acids is 2. The predicted octanol–water partition coefficient (Wildman–Crippen LogP) is 2.62. The molecular formula is C14H14BrN3O2S. The summed E-state index contributed by atoms with van der Waals surface area (Å²) in [6.07, 6.45) is 1.76. The van der Waals surface area contributed by atoms with E-state index in [1.165, 1.54) is 6.92 Å². The van der Waals surface area contributed by atoms with Crippen molar-refractivity contribution in [1.82, 2.24) is 5.32 Å². The van der Waals surface area contributed by atoms with E-state index in [2.05, 4.69) is 26.2 Å². The number of rotatable bonds is 2. The summed E-state index contributed by atoms with van der Waals surface area (Å²) in [6, 6.07) is 5.83. The van der Waals surface area contributed by atoms with Crippen molar-refractivity contribution in [2.75, 3.05) is 19.0 Å². The van der Waals surface area contributed by atoms with Crippen molar-refractivity contribution >= 4 is 56.4 Å². The summed E-state index contributed by atoms with van der Waals surface area (Å²) in [5.74, 6) is -0.579. The van der Waals surface area contributed by atoms with Crippen LogP contribution in [0.25, 0.3) is 6.08 Å². The standard InChI is InChI=1S/C14H14BrN3O2S/c1-8(19)16-14-17-13(20)12(21-14)7-9-4-5-11(18(2)3)10(15)6-9/h4-7H,1-3H3,(H,16,17,19,20)/b12-7+. The molecule has 2 amide bonds. The van der Waals surface area contributed by atoms with Crippen LogP contribution in [0.4, 0.5) is 5.69 Å². The molecule has 1 N–H and O–H groups in total. The van der Waals surface area contributed by atoms with Crippen LogP contribution in [0.2, 0.25) is 0 Å². The summed E-state index contributed by atoms with van der Waals surface area (Å²) in [7, 11) is 3.92. The molecule has 0 bridgehead atoms. The minimum Gasteiger partial charge on any atom is -0.377 e. The van der Waals surface area contributed by atoms with Crippen LogP contribution in [0.15, 0.2) is 32.6 Å². The van der Waals surface area contributed by atoms with Crippen molar-refractivity contribution in [3.63, 3.8) is 0 Å². The predicted molar refractivity (Wildman–Crippen MR) is 90.3 cm³/mol. The van der Waals surface area contributed by atoms with Crippen LogP contribution in [-0.4, -0.2) is 31.1 Å². The molecule has 2 rings (SSSR count). The Kier molecular flexibility index (Phi) is 4.84. The normalized spacial score (nSPS) is 16.1. The van der Waals surface area contributed by atoms with E-state index in [1.807, 2.05) is 37.2 Å². The highest BCUT2D eigenvalue weighted by Crippen LogP contribution is 2.30. The Hall–Kier alpha value is -1.60. The Morgan fingerprint density at radius 2 is 2.14 bits per heavy atom. The maximum atomic E-state index is 11.8. The van der Waals surface area contributed by atoms with Gasteiger partial charge in [-0.15, -0.1) is 0 Å². The fraction of sp³-hybridized carbons (Fsp3) is 0.214. The average Bonchev–Trinajstić information content (AvgIpc) is 2.68. The highest BCUT2D eigenvalue weighted by Gasteiger charge is 2.22. The van der Waals surface area contributed by atoms with Gasteiger partial charge in [0.25, 0.3) is 5.91 Å². The minimum absolute atomic E-state index is 0.242. The van der Waals surface area contributed by atoms with E-state index >= 15 is 0 Å². The van der Waals surface area contributed by atoms with E-state index in [4.69, 9.17) is 0 Å². The van der Waals surface area contributed by atoms with E-state index in [9.17, 15) is 9.59 Å². The molecule has 5 nitrogen and oxygen atoms in total. The quantitative estimate of drug-likeness (QED) is 0.816. The number of thioether (sulfide) groups is 1. The number of hydrogen-bond donors (Lipinski definition) is 1. The maximum absolute atomic E-state index is 11.8. The molecule has 0 saturated carbocycles. The van der Waals surface area contributed by atoms with Crippen LogP contribution in [0, 0.1) is 0 Å². The van der Waals surface area contributed by atoms with Gasteiger partial charge in [0, 0.05) is 25.5 Å². The Morgan fingerprint density at radius 3 is 2.71 bits per heavy atom. The van der Waals surface area contributed by atoms with Crippen molar-refractivity contribution in [3.8, 4) is 0 Å². The molecule has 0 spiro atoms. The minimum atomic E-state index is -0.337. The lowest BCUT2D eigenvalue weighted by molar-refractivity contribution is -0.117. The van der Waals surface area contributed by atoms with E-state index in [0.29, 0.717) is 10.1 Å². The van der Waals surface area contributed by atoms with Crippen molar-refractivity contribution in [2.24, 2.45) is 4.99 Å². The van der Waals surface area contributed by atoms with Crippen molar-refractivity contribution in [1.29, 1.82) is 0 Å². The first kappa shape index (κ1) is 15.8. The molecule has 7 heteroatoms. The van der Waals surface area contributed by atoms with Crippen LogP contribution in [0.3, 0.4) is 0 Å². The van der Waals surface area contributed by atoms with Crippen LogP contribution in [0.1, 0.15) is 12.5 Å². The fourth-order valence-corrected chi connectivity index (χ4v) is 3.35. The molecule has 1 aliphatic heterocycles. The molecule has 0 aromatic heterocycles. The Balaban J connectivity index is 2.20. The Morgan fingerprint density at radius 1 is 1.43 bits per heavy atom. The number of nitrogens with zero attached hydrogens (tertiary/aromatic N) is 2. The number of carbonyl (C=O) groups is 2. The number of benzene rings is 1. The first-order valence-electron chi connectivity index (χ1n) is 6.14. The molecule has 0 unspecified atom stereocenters. The molecule has 1 heterocycles. The van der Waals surface area contributed by atoms with Crippen molar-refractivity contribution in [2.45, 2.75) is 6.92 Å². The second-order valence-corrected chi connectivity index (χ2v) is 6.50. The van der Waals surface area contributed by atoms with Gasteiger partial charge in [-0.25, -0.2) is 0 Å². The molecule has 0 fully saturated rings. The monoisotopic (exact) mass is 367 g/mol. The zero-order chi connectivity index (χ0) is 15.6. The van der Waals surface area contributed by atoms with Gasteiger partial charge >= 0.3 is 0 Å². The van der Waals surface area contributed by atoms with Crippen molar-refractivity contribution < 1.29 is 9.59 Å². The molecule has 0 saturated heterocycles. The zero-order valence-corrected chi connectivity index (χ0v) is 14.2. The summed E-state index contributed by atoms with van der Waals surface area (Å²) in [4.78, 5) is 29.0. The second kappa shape index (κ2) is 6.44. The van der Waals surface area contributed by atoms with E-state index in [0.717, 1.165) is 27.5 Å². The maximum Gasteiger partial charge on any atom is 0.286 e. The van der Waals surface area contributed by atoms with Crippen LogP contribution in [-0.2, 0) is 9.59 Å². The van der Waals surface area contributed by atoms with Gasteiger partial charge in [-0.1, -0.05) is 6.07 Å². The van der Waals surface area contributed by atoms with Crippen molar-refractivity contribution in [3.05, 3.63) is 33.1 Å². The lowest BCUT2D eigenvalue weighted by atomic mass is 10.2. The first-order chi connectivity index (χ1) is 9.86. The van der Waals surface area contributed by atoms with Gasteiger partial charge in [-0.05, 0) is 51.5 Å². The van der Waals surface area contributed by atoms with Gasteiger partial charge in [0.15, 0.2) is 5.17 Å². The smallest absolute Gasteiger partial charge is 0.286 e. The molecule has 1 aliphatic rings. The van der Waals surface area contributed by atoms with Crippen LogP contribution < -0.4 is 10.2 Å². The Labute approximate surface area is 135 Å². The number of aliphatic imine (C=N–C) groups is 1. The molecule has 21 heavy (non-hydrogen) atoms. The second-order valence-electron chi connectivity index (χ2n) is 4.62. The third-order valence-corrected chi connectivity index (χ3v) is 4.19. The van der Waals surface area contributed by atoms with Gasteiger partial charge in [0.05, 0.1) is 10.6 Å². The van der Waals surface area contributed by atoms with Crippen LogP contribution in [0.5, 0.6) is 0 Å². The first-order valence-corrected chi connectivity index (χ1v) is 7.75. The fourth-order valence-electron chi connectivity index (χ4n) is 1.74. The van der Waals surface area contributed by atoms with Gasteiger partial charge in [0.2, 0.25) is 5.91 Å². The van der Waals surface area contributed by atoms with E-state index in [-0.39, 0.29) is 11.8 Å². The molecular weight excluding hydrogens is 354 g/mol. The van der Waals surface area contributed by atoms with Gasteiger partial charge in [-0.3, -0.25) is 9.59 Å². The lowest BCUT2D eigenvalue weighted by Crippen LogP contribution is -2.23. The molecule has 0 aliphatic carbocycles. The third kappa shape index (κ3) is 3.95. The lowest BCUT2D eigenvalue weighted by Gasteiger charge is -2.14. The largest absolute Gasteiger partial charge is 0.377 e. The SMILES string of the molecule is CC(=O)NC1=NC(=O)/C(=C\c2ccc(N(C)C)c(Br)c2)S1. The molecule has 0 radical (unpaired) electrons. The summed E-state index contributed by atoms with van der Waals surface area (Å²) < 4.78 is 0.945. The summed E-state index contributed by atoms with van der Waals surface area (Å²) in [5.41, 5.74) is 1.94. The Bertz CT molecular complexity index is 668. The van der Waals surface area contributed by atoms with E-state index < -0.39 is 0 Å². The molecule has 1 aromatic rings. The number of amides is 2. The number of halogens is 1. The summed E-state index contributed by atoms with van der Waals surface area (Å²) in [6.45, 7) is 1.38. The third-order valence-electron chi connectivity index (χ3n) is 2.65. The summed E-state index contributed by atoms with van der Waals surface area (Å²) >= 11 is 4.67. The highest BCUT2D eigenvalue weighted by molar-refractivity contribution is 9.10. The van der Waals surface area contributed by atoms with Gasteiger partial charge < -0.3 is 10.2 Å². The average molecular weight is 368 g/mol. The number of nitrogens with one attached hydrogen (secondary N) is 1. The van der Waals surface area contributed by atoms with E-state index in [1.54, 1.807) is 6.08 Å². The molecule has 0 atom stereocenters. The van der Waals surface area contributed by atoms with Crippen LogP contribution >= 0.6 is 27.7 Å². The van der Waals surface area contributed by atoms with Gasteiger partial charge in [0.1, 0.15) is 0 Å². The molecule has 110 valence electrons. The molecule has 1 aromatic carbocycles. The number of anilines is 1.